The van der Waals surface area contributed by atoms with Gasteiger partial charge in [0.2, 0.25) is 5.95 Å². The predicted octanol–water partition coefficient (Wildman–Crippen LogP) is 7.45. The summed E-state index contributed by atoms with van der Waals surface area (Å²) in [5.74, 6) is -2.14. The second-order valence-corrected chi connectivity index (χ2v) is 9.29. The topological polar surface area (TPSA) is 89.8 Å². The second-order valence-electron chi connectivity index (χ2n) is 9.29. The molecule has 5 rings (SSSR count). The van der Waals surface area contributed by atoms with Crippen LogP contribution in [-0.2, 0) is 11.0 Å². The van der Waals surface area contributed by atoms with E-state index in [9.17, 15) is 27.6 Å². The average molecular weight is 532 g/mol. The zero-order chi connectivity index (χ0) is 27.7. The lowest BCUT2D eigenvalue weighted by molar-refractivity contribution is -0.137. The van der Waals surface area contributed by atoms with Gasteiger partial charge in [0.25, 0.3) is 0 Å². The first kappa shape index (κ1) is 25.9. The summed E-state index contributed by atoms with van der Waals surface area (Å²) in [7, 11) is 0. The fourth-order valence-electron chi connectivity index (χ4n) is 5.00. The number of carbonyl (C=O) groups is 1. The molecule has 0 saturated heterocycles. The van der Waals surface area contributed by atoms with Crippen LogP contribution in [0.25, 0.3) is 28.1 Å². The van der Waals surface area contributed by atoms with Gasteiger partial charge in [0, 0.05) is 11.6 Å². The number of halogens is 4. The number of hydrogen-bond acceptors (Lipinski definition) is 3. The third-order valence-electron chi connectivity index (χ3n) is 6.98. The molecule has 3 aromatic carbocycles. The van der Waals surface area contributed by atoms with E-state index in [1.807, 2.05) is 0 Å². The number of rotatable bonds is 6. The highest BCUT2D eigenvalue weighted by Gasteiger charge is 2.37. The van der Waals surface area contributed by atoms with Crippen molar-refractivity contribution in [3.63, 3.8) is 0 Å². The van der Waals surface area contributed by atoms with Gasteiger partial charge in [-0.25, -0.2) is 4.79 Å². The van der Waals surface area contributed by atoms with Crippen molar-refractivity contribution >= 4 is 34.1 Å². The van der Waals surface area contributed by atoms with Crippen molar-refractivity contribution in [2.45, 2.75) is 25.4 Å². The summed E-state index contributed by atoms with van der Waals surface area (Å²) in [5.41, 5.74) is 1.60. The highest BCUT2D eigenvalue weighted by molar-refractivity contribution is 6.04. The monoisotopic (exact) mass is 531 g/mol. The summed E-state index contributed by atoms with van der Waals surface area (Å²) in [6, 6.07) is 17.2. The number of nitriles is 1. The van der Waals surface area contributed by atoms with Crippen LogP contribution in [0.1, 0.15) is 52.6 Å². The number of H-pyrrole nitrogens is 1. The minimum absolute atomic E-state index is 0.0104. The molecular formula is C30H21F4N3O2. The van der Waals surface area contributed by atoms with E-state index in [0.29, 0.717) is 35.1 Å². The van der Waals surface area contributed by atoms with E-state index in [1.54, 1.807) is 36.4 Å². The van der Waals surface area contributed by atoms with E-state index < -0.39 is 23.7 Å². The van der Waals surface area contributed by atoms with Gasteiger partial charge in [0.05, 0.1) is 22.0 Å². The van der Waals surface area contributed by atoms with Gasteiger partial charge in [-0.1, -0.05) is 55.0 Å². The molecule has 0 amide bonds. The quantitative estimate of drug-likeness (QED) is 0.154. The first-order valence-corrected chi connectivity index (χ1v) is 12.2. The smallest absolute Gasteiger partial charge is 0.416 e. The Bertz CT molecular complexity index is 1670. The maximum atomic E-state index is 14.7. The summed E-state index contributed by atoms with van der Waals surface area (Å²) in [4.78, 5) is 10.9. The summed E-state index contributed by atoms with van der Waals surface area (Å²) in [6.45, 7) is 0. The molecule has 0 aliphatic heterocycles. The molecule has 0 spiro atoms. The second kappa shape index (κ2) is 10.2. The van der Waals surface area contributed by atoms with Gasteiger partial charge in [-0.3, -0.25) is 5.10 Å². The van der Waals surface area contributed by atoms with Gasteiger partial charge in [-0.15, -0.1) is 0 Å². The van der Waals surface area contributed by atoms with E-state index in [0.717, 1.165) is 18.6 Å². The average Bonchev–Trinajstić information content (AvgIpc) is 3.26. The molecule has 1 fully saturated rings. The van der Waals surface area contributed by atoms with Crippen molar-refractivity contribution < 1.29 is 27.5 Å². The predicted molar refractivity (Wildman–Crippen MR) is 139 cm³/mol. The first-order chi connectivity index (χ1) is 18.7. The van der Waals surface area contributed by atoms with Crippen molar-refractivity contribution in [1.29, 1.82) is 5.26 Å². The van der Waals surface area contributed by atoms with E-state index >= 15 is 0 Å². The number of allylic oxidation sites excluding steroid dienone is 1. The highest BCUT2D eigenvalue weighted by atomic mass is 19.4. The molecule has 1 heterocycles. The summed E-state index contributed by atoms with van der Waals surface area (Å²) in [6.07, 6.45) is -0.0807. The van der Waals surface area contributed by atoms with Gasteiger partial charge in [-0.05, 0) is 64.8 Å². The Morgan fingerprint density at radius 1 is 1.05 bits per heavy atom. The van der Waals surface area contributed by atoms with Crippen LogP contribution in [0.2, 0.25) is 0 Å². The maximum absolute atomic E-state index is 14.7. The molecule has 1 aromatic heterocycles. The highest BCUT2D eigenvalue weighted by Crippen LogP contribution is 2.49. The Kier molecular flexibility index (Phi) is 6.79. The van der Waals surface area contributed by atoms with E-state index in [-0.39, 0.29) is 33.5 Å². The van der Waals surface area contributed by atoms with Crippen LogP contribution in [0, 0.1) is 23.2 Å². The number of benzene rings is 3. The number of carboxylic acids is 1. The molecule has 2 N–H and O–H groups in total. The molecular weight excluding hydrogens is 510 g/mol. The minimum atomic E-state index is -4.62. The molecule has 1 aliphatic rings. The van der Waals surface area contributed by atoms with Crippen molar-refractivity contribution in [2.75, 3.05) is 0 Å². The van der Waals surface area contributed by atoms with E-state index in [1.165, 1.54) is 24.3 Å². The SMILES string of the molecule is N#Cc1c(/C(=C(/c2ccccc2C(F)(F)F)C2CCC2)c2ccc(/C=C/C(=O)O)cc2)ccc2n[nH]c(F)c12. The molecule has 1 saturated carbocycles. The van der Waals surface area contributed by atoms with Crippen LogP contribution in [0.4, 0.5) is 17.6 Å². The third-order valence-corrected chi connectivity index (χ3v) is 6.98. The van der Waals surface area contributed by atoms with Crippen molar-refractivity contribution in [2.24, 2.45) is 5.92 Å². The van der Waals surface area contributed by atoms with E-state index in [2.05, 4.69) is 16.3 Å². The molecule has 0 bridgehead atoms. The largest absolute Gasteiger partial charge is 0.478 e. The fraction of sp³-hybridized carbons (Fsp3) is 0.167. The third kappa shape index (κ3) is 4.93. The number of alkyl halides is 3. The summed E-state index contributed by atoms with van der Waals surface area (Å²) >= 11 is 0. The number of aromatic amines is 1. The van der Waals surface area contributed by atoms with Crippen LogP contribution in [0.5, 0.6) is 0 Å². The Labute approximate surface area is 220 Å². The van der Waals surface area contributed by atoms with Gasteiger partial charge < -0.3 is 5.11 Å². The van der Waals surface area contributed by atoms with Gasteiger partial charge in [-0.2, -0.15) is 27.9 Å². The van der Waals surface area contributed by atoms with Crippen molar-refractivity contribution in [1.82, 2.24) is 10.2 Å². The summed E-state index contributed by atoms with van der Waals surface area (Å²) < 4.78 is 57.4. The summed E-state index contributed by atoms with van der Waals surface area (Å²) in [5, 5.41) is 25.2. The number of hydrogen-bond donors (Lipinski definition) is 2. The van der Waals surface area contributed by atoms with Gasteiger partial charge >= 0.3 is 12.1 Å². The Balaban J connectivity index is 1.87. The van der Waals surface area contributed by atoms with Gasteiger partial charge in [0.1, 0.15) is 6.07 Å². The number of fused-ring (bicyclic) bond motifs is 1. The maximum Gasteiger partial charge on any atom is 0.416 e. The number of aromatic nitrogens is 2. The Morgan fingerprint density at radius 3 is 2.38 bits per heavy atom. The normalized spacial score (nSPS) is 14.7. The number of nitrogens with zero attached hydrogens (tertiary/aromatic N) is 2. The molecule has 9 heteroatoms. The number of carboxylic acid groups (broad SMARTS) is 1. The molecule has 196 valence electrons. The van der Waals surface area contributed by atoms with Gasteiger partial charge in [0.15, 0.2) is 0 Å². The molecule has 1 aliphatic carbocycles. The lowest BCUT2D eigenvalue weighted by Crippen LogP contribution is -2.18. The number of aliphatic carboxylic acids is 1. The van der Waals surface area contributed by atoms with Crippen LogP contribution >= 0.6 is 0 Å². The van der Waals surface area contributed by atoms with Crippen LogP contribution < -0.4 is 0 Å². The molecule has 39 heavy (non-hydrogen) atoms. The molecule has 0 unspecified atom stereocenters. The Morgan fingerprint density at radius 2 is 1.77 bits per heavy atom. The zero-order valence-electron chi connectivity index (χ0n) is 20.4. The zero-order valence-corrected chi connectivity index (χ0v) is 20.4. The molecule has 0 atom stereocenters. The van der Waals surface area contributed by atoms with Crippen LogP contribution in [0.3, 0.4) is 0 Å². The van der Waals surface area contributed by atoms with Crippen molar-refractivity contribution in [3.8, 4) is 6.07 Å². The molecule has 4 aromatic rings. The lowest BCUT2D eigenvalue weighted by atomic mass is 9.71. The minimum Gasteiger partial charge on any atom is -0.478 e. The first-order valence-electron chi connectivity index (χ1n) is 12.2. The van der Waals surface area contributed by atoms with Crippen molar-refractivity contribution in [3.05, 3.63) is 106 Å². The standard InChI is InChI=1S/C30H21F4N3O2/c31-29-28-22(16-35)20(13-14-24(28)36-37-29)26(19-11-8-17(9-12-19)10-15-25(38)39)27(18-4-3-5-18)21-6-1-2-7-23(21)30(32,33)34/h1-2,6-15,18H,3-5H2,(H,36,37)(H,38,39)/b15-10+,27-26+. The Hall–Kier alpha value is -4.71. The van der Waals surface area contributed by atoms with Crippen LogP contribution in [-0.4, -0.2) is 21.3 Å². The number of nitrogens with one attached hydrogen (secondary N) is 1. The fourth-order valence-corrected chi connectivity index (χ4v) is 5.00. The molecule has 5 nitrogen and oxygen atoms in total. The molecule has 0 radical (unpaired) electrons. The van der Waals surface area contributed by atoms with E-state index in [4.69, 9.17) is 5.11 Å². The van der Waals surface area contributed by atoms with Crippen LogP contribution in [0.15, 0.2) is 66.7 Å². The lowest BCUT2D eigenvalue weighted by Gasteiger charge is -2.33.